The number of fused-ring (bicyclic) bond motifs is 3. The molecule has 4 rings (SSSR count). The average Bonchev–Trinajstić information content (AvgIpc) is 3.41. The van der Waals surface area contributed by atoms with E-state index in [9.17, 15) is 29.1 Å². The van der Waals surface area contributed by atoms with Crippen molar-refractivity contribution in [3.63, 3.8) is 0 Å². The molecular formula is C40H50N4O8. The third-order valence-electron chi connectivity index (χ3n) is 8.51. The van der Waals surface area contributed by atoms with Gasteiger partial charge < -0.3 is 35.8 Å². The largest absolute Gasteiger partial charge is 0.460 e. The predicted molar refractivity (Wildman–Crippen MR) is 197 cm³/mol. The molecule has 0 heterocycles. The van der Waals surface area contributed by atoms with Crippen molar-refractivity contribution in [3.8, 4) is 11.1 Å². The maximum Gasteiger partial charge on any atom is 0.407 e. The number of benzene rings is 3. The van der Waals surface area contributed by atoms with Crippen LogP contribution in [-0.2, 0) is 35.3 Å². The van der Waals surface area contributed by atoms with Crippen molar-refractivity contribution in [2.24, 2.45) is 5.92 Å². The zero-order valence-electron chi connectivity index (χ0n) is 30.7. The van der Waals surface area contributed by atoms with Gasteiger partial charge in [0.15, 0.2) is 0 Å². The fourth-order valence-electron chi connectivity index (χ4n) is 6.01. The van der Waals surface area contributed by atoms with Crippen LogP contribution in [0.25, 0.3) is 11.1 Å². The molecule has 52 heavy (non-hydrogen) atoms. The zero-order valence-corrected chi connectivity index (χ0v) is 30.7. The maximum absolute atomic E-state index is 13.5. The Morgan fingerprint density at radius 3 is 1.90 bits per heavy atom. The first-order chi connectivity index (χ1) is 24.6. The summed E-state index contributed by atoms with van der Waals surface area (Å²) in [5.74, 6) is -2.52. The fourth-order valence-corrected chi connectivity index (χ4v) is 6.01. The summed E-state index contributed by atoms with van der Waals surface area (Å²) in [6.07, 6.45) is -0.701. The number of aliphatic hydroxyl groups excluding tert-OH is 1. The van der Waals surface area contributed by atoms with Crippen LogP contribution in [0.4, 0.5) is 10.5 Å². The first kappa shape index (κ1) is 39.6. The summed E-state index contributed by atoms with van der Waals surface area (Å²) in [6.45, 7) is 10.4. The third-order valence-corrected chi connectivity index (χ3v) is 8.51. The second-order valence-electron chi connectivity index (χ2n) is 14.4. The van der Waals surface area contributed by atoms with Gasteiger partial charge in [-0.2, -0.15) is 0 Å². The Morgan fingerprint density at radius 1 is 0.750 bits per heavy atom. The van der Waals surface area contributed by atoms with Gasteiger partial charge in [-0.25, -0.2) is 4.79 Å². The molecule has 0 saturated carbocycles. The van der Waals surface area contributed by atoms with E-state index in [1.807, 2.05) is 62.4 Å². The molecule has 278 valence electrons. The van der Waals surface area contributed by atoms with Crippen LogP contribution in [0.3, 0.4) is 0 Å². The van der Waals surface area contributed by atoms with E-state index in [0.717, 1.165) is 22.3 Å². The lowest BCUT2D eigenvalue weighted by Crippen LogP contribution is -2.55. The minimum atomic E-state index is -1.15. The molecule has 0 aliphatic heterocycles. The number of hydrogen-bond acceptors (Lipinski definition) is 8. The number of rotatable bonds is 15. The van der Waals surface area contributed by atoms with Crippen molar-refractivity contribution in [2.45, 2.75) is 97.1 Å². The average molecular weight is 715 g/mol. The Labute approximate surface area is 305 Å². The molecule has 0 bridgehead atoms. The minimum absolute atomic E-state index is 0.0149. The molecule has 3 aromatic carbocycles. The quantitative estimate of drug-likeness (QED) is 0.134. The summed E-state index contributed by atoms with van der Waals surface area (Å²) in [5, 5.41) is 20.0. The lowest BCUT2D eigenvalue weighted by molar-refractivity contribution is -0.155. The van der Waals surface area contributed by atoms with Crippen LogP contribution in [0.1, 0.15) is 83.4 Å². The number of aliphatic hydroxyl groups is 1. The number of alkyl carbamates (subject to hydrolysis) is 1. The number of ether oxygens (including phenoxy) is 2. The molecule has 1 aliphatic carbocycles. The number of esters is 1. The molecule has 3 unspecified atom stereocenters. The van der Waals surface area contributed by atoms with Gasteiger partial charge in [0.1, 0.15) is 30.3 Å². The normalized spacial score (nSPS) is 13.9. The summed E-state index contributed by atoms with van der Waals surface area (Å²) in [4.78, 5) is 65.7. The van der Waals surface area contributed by atoms with Crippen molar-refractivity contribution in [1.29, 1.82) is 0 Å². The Hall–Kier alpha value is -5.23. The summed E-state index contributed by atoms with van der Waals surface area (Å²) in [6, 6.07) is 19.2. The van der Waals surface area contributed by atoms with Crippen molar-refractivity contribution in [1.82, 2.24) is 16.0 Å². The van der Waals surface area contributed by atoms with Gasteiger partial charge in [0, 0.05) is 18.0 Å². The number of anilines is 1. The number of carbonyl (C=O) groups is 5. The molecule has 0 radical (unpaired) electrons. The molecule has 1 aliphatic rings. The van der Waals surface area contributed by atoms with Crippen molar-refractivity contribution in [3.05, 3.63) is 89.5 Å². The first-order valence-electron chi connectivity index (χ1n) is 17.6. The number of nitrogens with one attached hydrogen (secondary N) is 4. The standard InChI is InChI=1S/C40H50N4O8/c1-24(2)21-34(44-39(50)51-23-32-30-13-9-7-11-28(30)29-12-8-10-14-31(29)32)38(49)41-25(3)36(47)43-33(19-20-35(46)52-40(4,5)6)37(48)42-27-17-15-26(22-45)16-18-27/h7-18,24-25,32-34,45H,19-23H2,1-6H3,(H,41,49)(H,42,48)(H,43,47)(H,44,50). The van der Waals surface area contributed by atoms with E-state index >= 15 is 0 Å². The lowest BCUT2D eigenvalue weighted by Gasteiger charge is -2.25. The van der Waals surface area contributed by atoms with Gasteiger partial charge in [-0.1, -0.05) is 74.5 Å². The second-order valence-corrected chi connectivity index (χ2v) is 14.4. The van der Waals surface area contributed by atoms with E-state index in [4.69, 9.17) is 9.47 Å². The monoisotopic (exact) mass is 714 g/mol. The first-order valence-corrected chi connectivity index (χ1v) is 17.6. The van der Waals surface area contributed by atoms with Gasteiger partial charge in [0.25, 0.3) is 0 Å². The summed E-state index contributed by atoms with van der Waals surface area (Å²) in [5.41, 5.74) is 4.66. The smallest absolute Gasteiger partial charge is 0.407 e. The fraction of sp³-hybridized carbons (Fsp3) is 0.425. The van der Waals surface area contributed by atoms with Crippen molar-refractivity contribution >= 4 is 35.5 Å². The molecule has 4 amide bonds. The van der Waals surface area contributed by atoms with E-state index in [2.05, 4.69) is 21.3 Å². The summed E-state index contributed by atoms with van der Waals surface area (Å²) < 4.78 is 11.0. The Balaban J connectivity index is 1.38. The highest BCUT2D eigenvalue weighted by Gasteiger charge is 2.32. The van der Waals surface area contributed by atoms with Crippen LogP contribution in [-0.4, -0.2) is 65.2 Å². The Kier molecular flexibility index (Phi) is 13.5. The third kappa shape index (κ3) is 11.1. The molecule has 3 aromatic rings. The van der Waals surface area contributed by atoms with E-state index in [0.29, 0.717) is 11.3 Å². The molecule has 0 spiro atoms. The zero-order chi connectivity index (χ0) is 38.0. The highest BCUT2D eigenvalue weighted by Crippen LogP contribution is 2.44. The van der Waals surface area contributed by atoms with Gasteiger partial charge >= 0.3 is 12.1 Å². The molecule has 12 heteroatoms. The number of amides is 4. The van der Waals surface area contributed by atoms with E-state index in [1.54, 1.807) is 45.0 Å². The predicted octanol–water partition coefficient (Wildman–Crippen LogP) is 5.18. The van der Waals surface area contributed by atoms with Crippen LogP contribution in [0.15, 0.2) is 72.8 Å². The Morgan fingerprint density at radius 2 is 1.35 bits per heavy atom. The van der Waals surface area contributed by atoms with Gasteiger partial charge in [-0.15, -0.1) is 0 Å². The molecule has 0 fully saturated rings. The van der Waals surface area contributed by atoms with Crippen LogP contribution >= 0.6 is 0 Å². The maximum atomic E-state index is 13.5. The topological polar surface area (TPSA) is 172 Å². The van der Waals surface area contributed by atoms with Crippen LogP contribution < -0.4 is 21.3 Å². The van der Waals surface area contributed by atoms with Crippen LogP contribution in [0, 0.1) is 5.92 Å². The molecule has 12 nitrogen and oxygen atoms in total. The number of carbonyl (C=O) groups excluding carboxylic acids is 5. The minimum Gasteiger partial charge on any atom is -0.460 e. The number of hydrogen-bond donors (Lipinski definition) is 5. The van der Waals surface area contributed by atoms with Crippen LogP contribution in [0.5, 0.6) is 0 Å². The molecule has 0 aromatic heterocycles. The molecular weight excluding hydrogens is 664 g/mol. The highest BCUT2D eigenvalue weighted by atomic mass is 16.6. The van der Waals surface area contributed by atoms with E-state index in [1.165, 1.54) is 6.92 Å². The van der Waals surface area contributed by atoms with Gasteiger partial charge in [0.05, 0.1) is 6.61 Å². The molecule has 0 saturated heterocycles. The summed E-state index contributed by atoms with van der Waals surface area (Å²) >= 11 is 0. The second kappa shape index (κ2) is 17.8. The Bertz CT molecular complexity index is 1690. The van der Waals surface area contributed by atoms with Crippen molar-refractivity contribution < 1.29 is 38.6 Å². The SMILES string of the molecule is CC(C)CC(NC(=O)OCC1c2ccccc2-c2ccccc21)C(=O)NC(C)C(=O)NC(CCC(=O)OC(C)(C)C)C(=O)Nc1ccc(CO)cc1. The van der Waals surface area contributed by atoms with E-state index < -0.39 is 53.5 Å². The molecule has 3 atom stereocenters. The van der Waals surface area contributed by atoms with Gasteiger partial charge in [-0.05, 0) is 86.4 Å². The molecule has 5 N–H and O–H groups in total. The van der Waals surface area contributed by atoms with Gasteiger partial charge in [0.2, 0.25) is 17.7 Å². The van der Waals surface area contributed by atoms with Crippen LogP contribution in [0.2, 0.25) is 0 Å². The lowest BCUT2D eigenvalue weighted by atomic mass is 9.98. The van der Waals surface area contributed by atoms with Crippen molar-refractivity contribution in [2.75, 3.05) is 11.9 Å². The van der Waals surface area contributed by atoms with Gasteiger partial charge in [-0.3, -0.25) is 19.2 Å². The van der Waals surface area contributed by atoms with E-state index in [-0.39, 0.29) is 44.3 Å². The summed E-state index contributed by atoms with van der Waals surface area (Å²) in [7, 11) is 0. The highest BCUT2D eigenvalue weighted by molar-refractivity contribution is 5.99.